The first kappa shape index (κ1) is 14.4. The van der Waals surface area contributed by atoms with Crippen molar-refractivity contribution in [1.82, 2.24) is 5.32 Å². The highest BCUT2D eigenvalue weighted by Gasteiger charge is 2.17. The molecule has 2 N–H and O–H groups in total. The fourth-order valence-electron chi connectivity index (χ4n) is 2.94. The van der Waals surface area contributed by atoms with Crippen LogP contribution in [0.15, 0.2) is 24.3 Å². The fraction of sp³-hybridized carbons (Fsp3) is 0.562. The molecule has 2 aliphatic heterocycles. The number of amides is 1. The lowest BCUT2D eigenvalue weighted by atomic mass is 10.2. The zero-order valence-corrected chi connectivity index (χ0v) is 12.3. The van der Waals surface area contributed by atoms with Gasteiger partial charge in [0.05, 0.1) is 13.2 Å². The van der Waals surface area contributed by atoms with E-state index in [1.807, 2.05) is 12.1 Å². The van der Waals surface area contributed by atoms with E-state index in [0.29, 0.717) is 13.0 Å². The zero-order chi connectivity index (χ0) is 14.5. The number of hydrogen-bond donors (Lipinski definition) is 2. The Balaban J connectivity index is 1.56. The fourth-order valence-corrected chi connectivity index (χ4v) is 2.94. The number of carbonyl (C=O) groups excluding carboxylic acids is 1. The van der Waals surface area contributed by atoms with Crippen molar-refractivity contribution in [2.24, 2.45) is 0 Å². The van der Waals surface area contributed by atoms with Gasteiger partial charge in [-0.3, -0.25) is 4.79 Å². The monoisotopic (exact) mass is 289 g/mol. The van der Waals surface area contributed by atoms with Gasteiger partial charge in [0.2, 0.25) is 5.91 Å². The summed E-state index contributed by atoms with van der Waals surface area (Å²) < 4.78 is 5.37. The molecule has 2 saturated heterocycles. The molecule has 1 unspecified atom stereocenters. The van der Waals surface area contributed by atoms with Gasteiger partial charge in [0.25, 0.3) is 0 Å². The maximum Gasteiger partial charge on any atom is 0.226 e. The average Bonchev–Trinajstić information content (AvgIpc) is 3.02. The van der Waals surface area contributed by atoms with E-state index in [0.717, 1.165) is 31.9 Å². The molecule has 1 atom stereocenters. The standard InChI is InChI=1S/C16H23N3O2/c20-16(11-14-12-21-9-6-17-14)18-13-4-3-5-15(10-13)19-7-1-2-8-19/h3-5,10,14,17H,1-2,6-9,11-12H2,(H,18,20). The molecular formula is C16H23N3O2. The van der Waals surface area contributed by atoms with E-state index in [-0.39, 0.29) is 11.9 Å². The van der Waals surface area contributed by atoms with Gasteiger partial charge < -0.3 is 20.3 Å². The molecule has 0 spiro atoms. The zero-order valence-electron chi connectivity index (χ0n) is 12.3. The smallest absolute Gasteiger partial charge is 0.226 e. The molecule has 2 heterocycles. The van der Waals surface area contributed by atoms with Crippen LogP contribution in [0.4, 0.5) is 11.4 Å². The Kier molecular flexibility index (Phi) is 4.72. The van der Waals surface area contributed by atoms with E-state index in [9.17, 15) is 4.79 Å². The lowest BCUT2D eigenvalue weighted by molar-refractivity contribution is -0.117. The second-order valence-corrected chi connectivity index (χ2v) is 5.72. The first-order chi connectivity index (χ1) is 10.3. The number of rotatable bonds is 4. The van der Waals surface area contributed by atoms with Crippen LogP contribution in [0, 0.1) is 0 Å². The molecule has 2 aliphatic rings. The van der Waals surface area contributed by atoms with E-state index >= 15 is 0 Å². The molecule has 0 radical (unpaired) electrons. The summed E-state index contributed by atoms with van der Waals surface area (Å²) >= 11 is 0. The van der Waals surface area contributed by atoms with Crippen molar-refractivity contribution in [3.05, 3.63) is 24.3 Å². The summed E-state index contributed by atoms with van der Waals surface area (Å²) in [4.78, 5) is 14.5. The topological polar surface area (TPSA) is 53.6 Å². The first-order valence-corrected chi connectivity index (χ1v) is 7.77. The third kappa shape index (κ3) is 3.95. The molecule has 0 saturated carbocycles. The Hall–Kier alpha value is -1.59. The average molecular weight is 289 g/mol. The van der Waals surface area contributed by atoms with Crippen LogP contribution in [0.5, 0.6) is 0 Å². The molecule has 114 valence electrons. The third-order valence-electron chi connectivity index (χ3n) is 4.03. The molecule has 21 heavy (non-hydrogen) atoms. The van der Waals surface area contributed by atoms with Gasteiger partial charge in [-0.1, -0.05) is 6.07 Å². The van der Waals surface area contributed by atoms with Gasteiger partial charge in [-0.2, -0.15) is 0 Å². The molecule has 1 aromatic carbocycles. The number of hydrogen-bond acceptors (Lipinski definition) is 4. The number of nitrogens with zero attached hydrogens (tertiary/aromatic N) is 1. The van der Waals surface area contributed by atoms with Gasteiger partial charge in [-0.25, -0.2) is 0 Å². The maximum absolute atomic E-state index is 12.1. The number of nitrogens with one attached hydrogen (secondary N) is 2. The van der Waals surface area contributed by atoms with Gasteiger partial charge in [-0.05, 0) is 31.0 Å². The molecule has 3 rings (SSSR count). The molecule has 1 aromatic rings. The molecule has 5 heteroatoms. The van der Waals surface area contributed by atoms with Crippen molar-refractivity contribution in [1.29, 1.82) is 0 Å². The number of ether oxygens (including phenoxy) is 1. The van der Waals surface area contributed by atoms with E-state index in [1.165, 1.54) is 18.5 Å². The minimum atomic E-state index is 0.0385. The highest BCUT2D eigenvalue weighted by atomic mass is 16.5. The first-order valence-electron chi connectivity index (χ1n) is 7.77. The Morgan fingerprint density at radius 1 is 1.38 bits per heavy atom. The number of morpholine rings is 1. The summed E-state index contributed by atoms with van der Waals surface area (Å²) in [7, 11) is 0. The van der Waals surface area contributed by atoms with Gasteiger partial charge in [0, 0.05) is 43.5 Å². The van der Waals surface area contributed by atoms with E-state index < -0.39 is 0 Å². The van der Waals surface area contributed by atoms with Gasteiger partial charge in [0.1, 0.15) is 0 Å². The Morgan fingerprint density at radius 2 is 2.24 bits per heavy atom. The van der Waals surface area contributed by atoms with Crippen LogP contribution < -0.4 is 15.5 Å². The predicted molar refractivity (Wildman–Crippen MR) is 83.7 cm³/mol. The quantitative estimate of drug-likeness (QED) is 0.884. The van der Waals surface area contributed by atoms with Crippen LogP contribution in [-0.2, 0) is 9.53 Å². The summed E-state index contributed by atoms with van der Waals surface area (Å²) in [5, 5.41) is 6.29. The summed E-state index contributed by atoms with van der Waals surface area (Å²) in [6, 6.07) is 8.25. The minimum absolute atomic E-state index is 0.0385. The molecule has 0 aromatic heterocycles. The van der Waals surface area contributed by atoms with Crippen LogP contribution >= 0.6 is 0 Å². The minimum Gasteiger partial charge on any atom is -0.378 e. The predicted octanol–water partition coefficient (Wildman–Crippen LogP) is 1.60. The summed E-state index contributed by atoms with van der Waals surface area (Å²) in [5.74, 6) is 0.0385. The highest BCUT2D eigenvalue weighted by molar-refractivity contribution is 5.91. The summed E-state index contributed by atoms with van der Waals surface area (Å²) in [6.07, 6.45) is 2.96. The van der Waals surface area contributed by atoms with Crippen molar-refractivity contribution in [2.75, 3.05) is 43.1 Å². The van der Waals surface area contributed by atoms with E-state index in [2.05, 4.69) is 27.7 Å². The van der Waals surface area contributed by atoms with Crippen molar-refractivity contribution >= 4 is 17.3 Å². The third-order valence-corrected chi connectivity index (χ3v) is 4.03. The Bertz CT molecular complexity index is 480. The van der Waals surface area contributed by atoms with E-state index in [1.54, 1.807) is 0 Å². The van der Waals surface area contributed by atoms with Crippen LogP contribution in [0.1, 0.15) is 19.3 Å². The molecule has 2 fully saturated rings. The lowest BCUT2D eigenvalue weighted by Crippen LogP contribution is -2.43. The van der Waals surface area contributed by atoms with E-state index in [4.69, 9.17) is 4.74 Å². The molecule has 0 bridgehead atoms. The van der Waals surface area contributed by atoms with Crippen molar-refractivity contribution in [3.8, 4) is 0 Å². The number of anilines is 2. The van der Waals surface area contributed by atoms with Crippen LogP contribution in [0.2, 0.25) is 0 Å². The Labute approximate surface area is 125 Å². The van der Waals surface area contributed by atoms with Crippen molar-refractivity contribution in [3.63, 3.8) is 0 Å². The lowest BCUT2D eigenvalue weighted by Gasteiger charge is -2.23. The molecule has 5 nitrogen and oxygen atoms in total. The number of carbonyl (C=O) groups is 1. The molecule has 1 amide bonds. The SMILES string of the molecule is O=C(CC1COCCN1)Nc1cccc(N2CCCC2)c1. The second-order valence-electron chi connectivity index (χ2n) is 5.72. The second kappa shape index (κ2) is 6.91. The summed E-state index contributed by atoms with van der Waals surface area (Å²) in [6.45, 7) is 4.39. The normalized spacial score (nSPS) is 22.3. The van der Waals surface area contributed by atoms with Crippen LogP contribution in [0.25, 0.3) is 0 Å². The Morgan fingerprint density at radius 3 is 3.00 bits per heavy atom. The van der Waals surface area contributed by atoms with Crippen LogP contribution in [-0.4, -0.2) is 44.8 Å². The van der Waals surface area contributed by atoms with Crippen LogP contribution in [0.3, 0.4) is 0 Å². The maximum atomic E-state index is 12.1. The van der Waals surface area contributed by atoms with Crippen molar-refractivity contribution < 1.29 is 9.53 Å². The molecule has 0 aliphatic carbocycles. The van der Waals surface area contributed by atoms with Gasteiger partial charge in [-0.15, -0.1) is 0 Å². The highest BCUT2D eigenvalue weighted by Crippen LogP contribution is 2.23. The molecular weight excluding hydrogens is 266 g/mol. The largest absolute Gasteiger partial charge is 0.378 e. The summed E-state index contributed by atoms with van der Waals surface area (Å²) in [5.41, 5.74) is 2.07. The van der Waals surface area contributed by atoms with Gasteiger partial charge >= 0.3 is 0 Å². The van der Waals surface area contributed by atoms with Crippen molar-refractivity contribution in [2.45, 2.75) is 25.3 Å². The number of benzene rings is 1. The van der Waals surface area contributed by atoms with Gasteiger partial charge in [0.15, 0.2) is 0 Å².